The summed E-state index contributed by atoms with van der Waals surface area (Å²) in [7, 11) is 0. The number of halogens is 1. The molecule has 2 heterocycles. The van der Waals surface area contributed by atoms with Gasteiger partial charge >= 0.3 is 0 Å². The van der Waals surface area contributed by atoms with Crippen LogP contribution in [0.15, 0.2) is 39.8 Å². The van der Waals surface area contributed by atoms with Crippen LogP contribution in [0.1, 0.15) is 37.9 Å². The van der Waals surface area contributed by atoms with Crippen molar-refractivity contribution in [3.63, 3.8) is 0 Å². The number of nitrogens with zero attached hydrogens (tertiary/aromatic N) is 3. The van der Waals surface area contributed by atoms with E-state index in [2.05, 4.69) is 31.9 Å². The average Bonchev–Trinajstić information content (AvgIpc) is 3.15. The lowest BCUT2D eigenvalue weighted by molar-refractivity contribution is 0.396. The summed E-state index contributed by atoms with van der Waals surface area (Å²) >= 11 is 1.43. The van der Waals surface area contributed by atoms with Crippen LogP contribution in [0.25, 0.3) is 16.9 Å². The van der Waals surface area contributed by atoms with Gasteiger partial charge in [-0.3, -0.25) is 0 Å². The van der Waals surface area contributed by atoms with E-state index in [0.29, 0.717) is 22.0 Å². The Hall–Kier alpha value is -2.52. The number of hydrogen-bond acceptors (Lipinski definition) is 4. The molecular formula is C20H20FN3OS. The fourth-order valence-electron chi connectivity index (χ4n) is 2.72. The van der Waals surface area contributed by atoms with E-state index in [-0.39, 0.29) is 11.2 Å². The molecule has 6 heteroatoms. The molecule has 4 nitrogen and oxygen atoms in total. The second-order valence-electron chi connectivity index (χ2n) is 7.06. The van der Waals surface area contributed by atoms with Gasteiger partial charge in [0.2, 0.25) is 0 Å². The van der Waals surface area contributed by atoms with Gasteiger partial charge in [-0.1, -0.05) is 20.8 Å². The zero-order chi connectivity index (χ0) is 19.1. The van der Waals surface area contributed by atoms with Crippen LogP contribution in [-0.4, -0.2) is 16.0 Å². The zero-order valence-corrected chi connectivity index (χ0v) is 16.2. The van der Waals surface area contributed by atoms with Crippen molar-refractivity contribution in [2.24, 2.45) is 0 Å². The number of aryl methyl sites for hydroxylation is 1. The first-order valence-corrected chi connectivity index (χ1v) is 9.43. The highest BCUT2D eigenvalue weighted by atomic mass is 32.2. The molecule has 0 aliphatic rings. The van der Waals surface area contributed by atoms with Crippen LogP contribution in [-0.2, 0) is 5.41 Å². The van der Waals surface area contributed by atoms with Crippen molar-refractivity contribution in [3.8, 4) is 23.0 Å². The monoisotopic (exact) mass is 369 g/mol. The lowest BCUT2D eigenvalue weighted by Crippen LogP contribution is -2.09. The number of benzene rings is 1. The summed E-state index contributed by atoms with van der Waals surface area (Å²) in [6.07, 6.45) is 1.89. The highest BCUT2D eigenvalue weighted by Crippen LogP contribution is 2.37. The largest absolute Gasteiger partial charge is 0.465 e. The molecule has 26 heavy (non-hydrogen) atoms. The summed E-state index contributed by atoms with van der Waals surface area (Å²) in [5.74, 6) is 1.26. The first-order valence-electron chi connectivity index (χ1n) is 8.20. The molecule has 1 aromatic carbocycles. The lowest BCUT2D eigenvalue weighted by atomic mass is 9.93. The molecule has 0 saturated carbocycles. The third kappa shape index (κ3) is 3.15. The summed E-state index contributed by atoms with van der Waals surface area (Å²) in [6, 6.07) is 10.3. The van der Waals surface area contributed by atoms with E-state index in [4.69, 9.17) is 4.42 Å². The molecule has 0 fully saturated rings. The van der Waals surface area contributed by atoms with Crippen LogP contribution in [0.4, 0.5) is 4.39 Å². The highest BCUT2D eigenvalue weighted by molar-refractivity contribution is 7.98. The summed E-state index contributed by atoms with van der Waals surface area (Å²) in [5, 5.41) is 15.1. The normalized spacial score (nSPS) is 11.6. The fraction of sp³-hybridized carbons (Fsp3) is 0.300. The van der Waals surface area contributed by atoms with E-state index in [1.165, 1.54) is 23.9 Å². The first kappa shape index (κ1) is 18.3. The second-order valence-corrected chi connectivity index (χ2v) is 7.86. The van der Waals surface area contributed by atoms with Crippen molar-refractivity contribution >= 4 is 11.8 Å². The van der Waals surface area contributed by atoms with Crippen LogP contribution in [0.2, 0.25) is 0 Å². The third-order valence-electron chi connectivity index (χ3n) is 4.13. The Kier molecular flexibility index (Phi) is 4.68. The molecule has 134 valence electrons. The standard InChI is InChI=1S/C20H20FN3OS/c1-12-15(10-17(25-12)20(2,3)4)18-16(11-22)19(26-5)24(23-18)14-8-6-13(21)7-9-14/h6-10H,1-5H3. The van der Waals surface area contributed by atoms with Crippen molar-refractivity contribution in [3.05, 3.63) is 53.2 Å². The number of hydrogen-bond donors (Lipinski definition) is 0. The van der Waals surface area contributed by atoms with Gasteiger partial charge < -0.3 is 4.42 Å². The maximum absolute atomic E-state index is 13.3. The summed E-state index contributed by atoms with van der Waals surface area (Å²) < 4.78 is 20.9. The Balaban J connectivity index is 2.22. The molecule has 0 aliphatic heterocycles. The van der Waals surface area contributed by atoms with Crippen LogP contribution >= 0.6 is 11.8 Å². The van der Waals surface area contributed by atoms with Gasteiger partial charge in [-0.15, -0.1) is 11.8 Å². The predicted molar refractivity (Wildman–Crippen MR) is 101 cm³/mol. The summed E-state index contributed by atoms with van der Waals surface area (Å²) in [4.78, 5) is 0. The first-order chi connectivity index (χ1) is 12.3. The molecule has 0 atom stereocenters. The van der Waals surface area contributed by atoms with Gasteiger partial charge in [-0.2, -0.15) is 10.4 Å². The minimum Gasteiger partial charge on any atom is -0.465 e. The molecule has 2 aromatic heterocycles. The Labute approximate surface area is 156 Å². The molecule has 0 aliphatic carbocycles. The van der Waals surface area contributed by atoms with E-state index in [9.17, 15) is 9.65 Å². The number of nitriles is 1. The number of aromatic nitrogens is 2. The Bertz CT molecular complexity index is 988. The predicted octanol–water partition coefficient (Wildman–Crippen LogP) is 5.47. The van der Waals surface area contributed by atoms with E-state index in [1.54, 1.807) is 16.8 Å². The van der Waals surface area contributed by atoms with Crippen molar-refractivity contribution in [1.82, 2.24) is 9.78 Å². The number of rotatable bonds is 3. The van der Waals surface area contributed by atoms with Gasteiger partial charge in [0.15, 0.2) is 0 Å². The van der Waals surface area contributed by atoms with Crippen LogP contribution < -0.4 is 0 Å². The van der Waals surface area contributed by atoms with Gasteiger partial charge in [-0.25, -0.2) is 9.07 Å². The molecule has 0 bridgehead atoms. The molecule has 0 saturated heterocycles. The Morgan fingerprint density at radius 2 is 1.88 bits per heavy atom. The summed E-state index contributed by atoms with van der Waals surface area (Å²) in [5.41, 5.74) is 2.44. The van der Waals surface area contributed by atoms with E-state index in [1.807, 2.05) is 19.2 Å². The third-order valence-corrected chi connectivity index (χ3v) is 4.90. The van der Waals surface area contributed by atoms with Gasteiger partial charge in [0.1, 0.15) is 39.7 Å². The fourth-order valence-corrected chi connectivity index (χ4v) is 3.39. The van der Waals surface area contributed by atoms with Crippen molar-refractivity contribution in [2.75, 3.05) is 6.26 Å². The molecular weight excluding hydrogens is 349 g/mol. The minimum atomic E-state index is -0.312. The smallest absolute Gasteiger partial charge is 0.123 e. The van der Waals surface area contributed by atoms with Gasteiger partial charge in [-0.05, 0) is 43.5 Å². The van der Waals surface area contributed by atoms with Crippen LogP contribution in [0, 0.1) is 24.1 Å². The highest BCUT2D eigenvalue weighted by Gasteiger charge is 2.26. The van der Waals surface area contributed by atoms with Crippen LogP contribution in [0.3, 0.4) is 0 Å². The quantitative estimate of drug-likeness (QED) is 0.574. The van der Waals surface area contributed by atoms with E-state index in [0.717, 1.165) is 17.1 Å². The van der Waals surface area contributed by atoms with E-state index < -0.39 is 0 Å². The number of thioether (sulfide) groups is 1. The Morgan fingerprint density at radius 1 is 1.23 bits per heavy atom. The van der Waals surface area contributed by atoms with Crippen molar-refractivity contribution in [2.45, 2.75) is 38.1 Å². The topological polar surface area (TPSA) is 54.8 Å². The lowest BCUT2D eigenvalue weighted by Gasteiger charge is -2.13. The van der Waals surface area contributed by atoms with Crippen molar-refractivity contribution in [1.29, 1.82) is 5.26 Å². The summed E-state index contributed by atoms with van der Waals surface area (Å²) in [6.45, 7) is 8.10. The second kappa shape index (κ2) is 6.65. The van der Waals surface area contributed by atoms with E-state index >= 15 is 0 Å². The molecule has 3 aromatic rings. The number of furan rings is 1. The average molecular weight is 369 g/mol. The molecule has 0 amide bonds. The zero-order valence-electron chi connectivity index (χ0n) is 15.4. The molecule has 3 rings (SSSR count). The molecule has 0 unspecified atom stereocenters. The molecule has 0 N–H and O–H groups in total. The maximum atomic E-state index is 13.3. The minimum absolute atomic E-state index is 0.141. The van der Waals surface area contributed by atoms with Gasteiger partial charge in [0.25, 0.3) is 0 Å². The maximum Gasteiger partial charge on any atom is 0.123 e. The Morgan fingerprint density at radius 3 is 2.38 bits per heavy atom. The van der Waals surface area contributed by atoms with Gasteiger partial charge in [0, 0.05) is 11.0 Å². The SMILES string of the molecule is CSc1c(C#N)c(-c2cc(C(C)(C)C)oc2C)nn1-c1ccc(F)cc1. The van der Waals surface area contributed by atoms with Crippen LogP contribution in [0.5, 0.6) is 0 Å². The van der Waals surface area contributed by atoms with Crippen molar-refractivity contribution < 1.29 is 8.81 Å². The molecule has 0 spiro atoms. The van der Waals surface area contributed by atoms with Gasteiger partial charge in [0.05, 0.1) is 5.69 Å². The molecule has 0 radical (unpaired) electrons.